The van der Waals surface area contributed by atoms with E-state index >= 15 is 0 Å². The molecule has 2 aromatic heterocycles. The van der Waals surface area contributed by atoms with Crippen molar-refractivity contribution in [2.45, 2.75) is 0 Å². The van der Waals surface area contributed by atoms with Crippen molar-refractivity contribution in [3.63, 3.8) is 0 Å². The van der Waals surface area contributed by atoms with E-state index in [0.29, 0.717) is 11.1 Å². The summed E-state index contributed by atoms with van der Waals surface area (Å²) >= 11 is 1.55. The second-order valence-corrected chi connectivity index (χ2v) is 4.81. The first-order valence-corrected chi connectivity index (χ1v) is 6.30. The largest absolute Gasteiger partial charge is 0.476 e. The molecule has 0 unspecified atom stereocenters. The first-order chi connectivity index (χ1) is 8.75. The summed E-state index contributed by atoms with van der Waals surface area (Å²) in [6.45, 7) is 0. The van der Waals surface area contributed by atoms with Crippen LogP contribution in [0.1, 0.15) is 10.5 Å². The zero-order valence-corrected chi connectivity index (χ0v) is 10.1. The van der Waals surface area contributed by atoms with Crippen LogP contribution < -0.4 is 0 Å². The highest BCUT2D eigenvalue weighted by atomic mass is 32.1. The van der Waals surface area contributed by atoms with Crippen molar-refractivity contribution in [3.8, 4) is 10.6 Å². The van der Waals surface area contributed by atoms with Gasteiger partial charge in [0.1, 0.15) is 0 Å². The average Bonchev–Trinajstić information content (AvgIpc) is 2.91. The number of pyridine rings is 1. The summed E-state index contributed by atoms with van der Waals surface area (Å²) in [5, 5.41) is 12.8. The summed E-state index contributed by atoms with van der Waals surface area (Å²) in [5.41, 5.74) is 0.817. The van der Waals surface area contributed by atoms with Crippen molar-refractivity contribution in [2.24, 2.45) is 0 Å². The van der Waals surface area contributed by atoms with Crippen molar-refractivity contribution < 1.29 is 9.90 Å². The fourth-order valence-electron chi connectivity index (χ4n) is 1.91. The Balaban J connectivity index is 2.33. The quantitative estimate of drug-likeness (QED) is 0.760. The Morgan fingerprint density at radius 2 is 2.00 bits per heavy atom. The van der Waals surface area contributed by atoms with Gasteiger partial charge < -0.3 is 5.11 Å². The molecule has 0 aliphatic rings. The van der Waals surface area contributed by atoms with Crippen molar-refractivity contribution >= 4 is 28.1 Å². The molecule has 0 amide bonds. The van der Waals surface area contributed by atoms with E-state index < -0.39 is 5.97 Å². The van der Waals surface area contributed by atoms with E-state index in [1.807, 2.05) is 41.8 Å². The van der Waals surface area contributed by atoms with Crippen molar-refractivity contribution in [1.82, 2.24) is 4.98 Å². The van der Waals surface area contributed by atoms with Crippen molar-refractivity contribution in [3.05, 3.63) is 53.5 Å². The van der Waals surface area contributed by atoms with Crippen LogP contribution >= 0.6 is 11.3 Å². The fraction of sp³-hybridized carbons (Fsp3) is 0. The molecule has 0 aliphatic heterocycles. The second-order valence-electron chi connectivity index (χ2n) is 3.86. The lowest BCUT2D eigenvalue weighted by Crippen LogP contribution is -2.02. The van der Waals surface area contributed by atoms with E-state index in [-0.39, 0.29) is 5.69 Å². The van der Waals surface area contributed by atoms with E-state index in [0.717, 1.165) is 10.3 Å². The Bertz CT molecular complexity index is 720. The van der Waals surface area contributed by atoms with Gasteiger partial charge in [0.15, 0.2) is 5.69 Å². The molecule has 4 heteroatoms. The van der Waals surface area contributed by atoms with Crippen LogP contribution in [0.15, 0.2) is 47.8 Å². The maximum absolute atomic E-state index is 11.3. The molecule has 0 fully saturated rings. The highest BCUT2D eigenvalue weighted by molar-refractivity contribution is 7.13. The summed E-state index contributed by atoms with van der Waals surface area (Å²) in [7, 11) is 0. The molecule has 1 N–H and O–H groups in total. The number of aromatic nitrogens is 1. The van der Waals surface area contributed by atoms with Crippen LogP contribution in [0.4, 0.5) is 0 Å². The second kappa shape index (κ2) is 4.23. The van der Waals surface area contributed by atoms with Crippen LogP contribution in [0.5, 0.6) is 0 Å². The summed E-state index contributed by atoms with van der Waals surface area (Å²) in [4.78, 5) is 16.5. The molecule has 3 nitrogen and oxygen atoms in total. The smallest absolute Gasteiger partial charge is 0.355 e. The molecular weight excluding hydrogens is 246 g/mol. The fourth-order valence-corrected chi connectivity index (χ4v) is 2.60. The normalized spacial score (nSPS) is 10.7. The predicted molar refractivity (Wildman–Crippen MR) is 72.0 cm³/mol. The highest BCUT2D eigenvalue weighted by Gasteiger charge is 2.13. The number of hydrogen-bond acceptors (Lipinski definition) is 3. The minimum Gasteiger partial charge on any atom is -0.476 e. The number of hydrogen-bond donors (Lipinski definition) is 1. The standard InChI is InChI=1S/C14H9NO2S/c16-14(17)13-10-5-2-1-4-9(10)8-11(15-13)12-6-3-7-18-12/h1-8H,(H,16,17). The minimum absolute atomic E-state index is 0.108. The van der Waals surface area contributed by atoms with Gasteiger partial charge in [-0.15, -0.1) is 11.3 Å². The summed E-state index contributed by atoms with van der Waals surface area (Å²) in [5.74, 6) is -0.996. The number of carboxylic acids is 1. The Morgan fingerprint density at radius 1 is 1.17 bits per heavy atom. The Hall–Kier alpha value is -2.20. The average molecular weight is 255 g/mol. The third-order valence-electron chi connectivity index (χ3n) is 2.72. The molecule has 0 bridgehead atoms. The molecular formula is C14H9NO2S. The number of carbonyl (C=O) groups is 1. The minimum atomic E-state index is -0.996. The summed E-state index contributed by atoms with van der Waals surface area (Å²) in [6.07, 6.45) is 0. The summed E-state index contributed by atoms with van der Waals surface area (Å²) < 4.78 is 0. The maximum Gasteiger partial charge on any atom is 0.355 e. The lowest BCUT2D eigenvalue weighted by Gasteiger charge is -2.05. The Morgan fingerprint density at radius 3 is 2.72 bits per heavy atom. The molecule has 0 saturated heterocycles. The number of aromatic carboxylic acids is 1. The zero-order chi connectivity index (χ0) is 12.5. The molecule has 0 spiro atoms. The number of benzene rings is 1. The molecule has 0 aliphatic carbocycles. The first kappa shape index (κ1) is 10.9. The zero-order valence-electron chi connectivity index (χ0n) is 9.33. The Labute approximate surface area is 107 Å². The molecule has 0 atom stereocenters. The molecule has 1 aromatic carbocycles. The lowest BCUT2D eigenvalue weighted by atomic mass is 10.1. The van der Waals surface area contributed by atoms with Gasteiger partial charge in [0.2, 0.25) is 0 Å². The topological polar surface area (TPSA) is 50.2 Å². The van der Waals surface area contributed by atoms with Gasteiger partial charge in [0.25, 0.3) is 0 Å². The molecule has 0 radical (unpaired) electrons. The van der Waals surface area contributed by atoms with E-state index in [4.69, 9.17) is 0 Å². The number of thiophene rings is 1. The number of fused-ring (bicyclic) bond motifs is 1. The van der Waals surface area contributed by atoms with Gasteiger partial charge in [-0.3, -0.25) is 0 Å². The third-order valence-corrected chi connectivity index (χ3v) is 3.61. The van der Waals surface area contributed by atoms with Crippen LogP contribution in [0.25, 0.3) is 21.3 Å². The van der Waals surface area contributed by atoms with Crippen LogP contribution in [-0.4, -0.2) is 16.1 Å². The van der Waals surface area contributed by atoms with E-state index in [1.54, 1.807) is 17.4 Å². The van der Waals surface area contributed by atoms with Crippen LogP contribution in [0.2, 0.25) is 0 Å². The SMILES string of the molecule is O=C(O)c1nc(-c2cccs2)cc2ccccc12. The number of carboxylic acid groups (broad SMARTS) is 1. The third kappa shape index (κ3) is 1.76. The molecule has 18 heavy (non-hydrogen) atoms. The van der Waals surface area contributed by atoms with Gasteiger partial charge >= 0.3 is 5.97 Å². The molecule has 88 valence electrons. The van der Waals surface area contributed by atoms with Gasteiger partial charge in [-0.1, -0.05) is 30.3 Å². The van der Waals surface area contributed by atoms with Crippen LogP contribution in [0.3, 0.4) is 0 Å². The van der Waals surface area contributed by atoms with E-state index in [9.17, 15) is 9.90 Å². The molecule has 3 aromatic rings. The van der Waals surface area contributed by atoms with Gasteiger partial charge in [0.05, 0.1) is 10.6 Å². The lowest BCUT2D eigenvalue weighted by molar-refractivity contribution is 0.0693. The maximum atomic E-state index is 11.3. The monoisotopic (exact) mass is 255 g/mol. The van der Waals surface area contributed by atoms with Crippen molar-refractivity contribution in [2.75, 3.05) is 0 Å². The van der Waals surface area contributed by atoms with Gasteiger partial charge in [-0.2, -0.15) is 0 Å². The van der Waals surface area contributed by atoms with E-state index in [1.165, 1.54) is 0 Å². The summed E-state index contributed by atoms with van der Waals surface area (Å²) in [6, 6.07) is 13.2. The molecule has 2 heterocycles. The molecule has 3 rings (SSSR count). The number of rotatable bonds is 2. The Kier molecular flexibility index (Phi) is 2.57. The van der Waals surface area contributed by atoms with Gasteiger partial charge in [0, 0.05) is 5.39 Å². The highest BCUT2D eigenvalue weighted by Crippen LogP contribution is 2.27. The molecule has 0 saturated carbocycles. The van der Waals surface area contributed by atoms with Gasteiger partial charge in [-0.25, -0.2) is 9.78 Å². The van der Waals surface area contributed by atoms with Crippen LogP contribution in [0, 0.1) is 0 Å². The predicted octanol–water partition coefficient (Wildman–Crippen LogP) is 3.66. The van der Waals surface area contributed by atoms with Crippen LogP contribution in [-0.2, 0) is 0 Å². The number of nitrogens with zero attached hydrogens (tertiary/aromatic N) is 1. The van der Waals surface area contributed by atoms with E-state index in [2.05, 4.69) is 4.98 Å². The van der Waals surface area contributed by atoms with Crippen molar-refractivity contribution in [1.29, 1.82) is 0 Å². The van der Waals surface area contributed by atoms with Gasteiger partial charge in [-0.05, 0) is 22.9 Å². The first-order valence-electron chi connectivity index (χ1n) is 5.42.